The Hall–Kier alpha value is -2.58. The Labute approximate surface area is 169 Å². The molecule has 1 aromatic carbocycles. The number of nitrogens with zero attached hydrogens (tertiary/aromatic N) is 2. The zero-order valence-electron chi connectivity index (χ0n) is 16.8. The Morgan fingerprint density at radius 2 is 2.14 bits per heavy atom. The molecule has 0 aliphatic carbocycles. The van der Waals surface area contributed by atoms with E-state index < -0.39 is 9.73 Å². The molecule has 1 aliphatic heterocycles. The van der Waals surface area contributed by atoms with Gasteiger partial charge in [0.2, 0.25) is 0 Å². The number of aryl methyl sites for hydroxylation is 1. The Balaban J connectivity index is 1.86. The van der Waals surface area contributed by atoms with Gasteiger partial charge < -0.3 is 19.0 Å². The number of ether oxygens (including phenoxy) is 2. The van der Waals surface area contributed by atoms with E-state index in [-0.39, 0.29) is 5.56 Å². The normalized spacial score (nSPS) is 17.0. The number of benzene rings is 1. The second-order valence-electron chi connectivity index (χ2n) is 7.72. The Morgan fingerprint density at radius 1 is 1.31 bits per heavy atom. The SMILES string of the molecule is Cn1cc(-c2cc(N=S(C)(C)=O)ccc2OCC2CCOC2)c2cc[nH]c2c1=O. The highest BCUT2D eigenvalue weighted by atomic mass is 32.2. The van der Waals surface area contributed by atoms with Crippen molar-refractivity contribution in [2.75, 3.05) is 32.3 Å². The van der Waals surface area contributed by atoms with Crippen molar-refractivity contribution in [3.8, 4) is 16.9 Å². The maximum absolute atomic E-state index is 12.4. The van der Waals surface area contributed by atoms with Crippen LogP contribution in [-0.4, -0.2) is 46.1 Å². The first-order valence-corrected chi connectivity index (χ1v) is 11.8. The molecule has 0 spiro atoms. The molecule has 1 saturated heterocycles. The van der Waals surface area contributed by atoms with E-state index in [1.54, 1.807) is 36.5 Å². The van der Waals surface area contributed by atoms with E-state index in [9.17, 15) is 9.00 Å². The van der Waals surface area contributed by atoms with Crippen LogP contribution in [0, 0.1) is 5.92 Å². The van der Waals surface area contributed by atoms with Crippen molar-refractivity contribution < 1.29 is 13.7 Å². The van der Waals surface area contributed by atoms with Crippen molar-refractivity contribution in [2.45, 2.75) is 6.42 Å². The van der Waals surface area contributed by atoms with Crippen LogP contribution < -0.4 is 10.3 Å². The molecule has 1 fully saturated rings. The van der Waals surface area contributed by atoms with Crippen molar-refractivity contribution >= 4 is 26.3 Å². The van der Waals surface area contributed by atoms with Crippen LogP contribution in [0.2, 0.25) is 0 Å². The van der Waals surface area contributed by atoms with Crippen LogP contribution in [-0.2, 0) is 21.5 Å². The van der Waals surface area contributed by atoms with Gasteiger partial charge >= 0.3 is 0 Å². The number of rotatable bonds is 5. The summed E-state index contributed by atoms with van der Waals surface area (Å²) < 4.78 is 29.7. The molecule has 154 valence electrons. The zero-order valence-corrected chi connectivity index (χ0v) is 17.6. The number of nitrogens with one attached hydrogen (secondary N) is 1. The maximum Gasteiger partial charge on any atom is 0.274 e. The molecule has 1 unspecified atom stereocenters. The summed E-state index contributed by atoms with van der Waals surface area (Å²) in [5.41, 5.74) is 2.73. The van der Waals surface area contributed by atoms with Crippen molar-refractivity contribution in [3.05, 3.63) is 47.0 Å². The zero-order chi connectivity index (χ0) is 20.6. The predicted octanol–water partition coefficient (Wildman–Crippen LogP) is 3.31. The number of pyridine rings is 1. The van der Waals surface area contributed by atoms with Gasteiger partial charge in [0.15, 0.2) is 0 Å². The summed E-state index contributed by atoms with van der Waals surface area (Å²) in [6.07, 6.45) is 7.75. The largest absolute Gasteiger partial charge is 0.493 e. The minimum Gasteiger partial charge on any atom is -0.493 e. The molecular formula is C21H25N3O4S. The molecule has 0 radical (unpaired) electrons. The average Bonchev–Trinajstić information content (AvgIpc) is 3.34. The fourth-order valence-corrected chi connectivity index (χ4v) is 4.19. The van der Waals surface area contributed by atoms with Gasteiger partial charge in [-0.05, 0) is 30.7 Å². The topological polar surface area (TPSA) is 85.7 Å². The third kappa shape index (κ3) is 4.23. The van der Waals surface area contributed by atoms with Gasteiger partial charge in [-0.25, -0.2) is 4.21 Å². The van der Waals surface area contributed by atoms with E-state index in [0.717, 1.165) is 29.5 Å². The molecule has 2 aromatic heterocycles. The highest BCUT2D eigenvalue weighted by Crippen LogP contribution is 2.37. The lowest BCUT2D eigenvalue weighted by molar-refractivity contribution is 0.167. The summed E-state index contributed by atoms with van der Waals surface area (Å²) >= 11 is 0. The number of aromatic amines is 1. The molecule has 29 heavy (non-hydrogen) atoms. The van der Waals surface area contributed by atoms with Gasteiger partial charge in [-0.15, -0.1) is 0 Å². The molecule has 3 heterocycles. The number of H-pyrrole nitrogens is 1. The Kier molecular flexibility index (Phi) is 5.23. The Morgan fingerprint density at radius 3 is 2.86 bits per heavy atom. The van der Waals surface area contributed by atoms with Gasteiger partial charge in [-0.2, -0.15) is 4.36 Å². The second kappa shape index (κ2) is 7.68. The second-order valence-corrected chi connectivity index (χ2v) is 10.3. The van der Waals surface area contributed by atoms with Gasteiger partial charge in [0.1, 0.15) is 11.3 Å². The summed E-state index contributed by atoms with van der Waals surface area (Å²) in [7, 11) is -0.581. The molecule has 7 nitrogen and oxygen atoms in total. The molecule has 4 rings (SSSR count). The van der Waals surface area contributed by atoms with Crippen molar-refractivity contribution in [3.63, 3.8) is 0 Å². The van der Waals surface area contributed by atoms with Gasteiger partial charge in [-0.1, -0.05) is 0 Å². The van der Waals surface area contributed by atoms with E-state index in [1.807, 2.05) is 24.3 Å². The van der Waals surface area contributed by atoms with Crippen LogP contribution in [0.3, 0.4) is 0 Å². The summed E-state index contributed by atoms with van der Waals surface area (Å²) in [6.45, 7) is 2.03. The standard InChI is InChI=1S/C21H25N3O4S/c1-24-11-18(16-6-8-22-20(16)21(24)25)17-10-15(23-29(2,3)26)4-5-19(17)28-13-14-7-9-27-12-14/h4-6,8,10-11,14,22H,7,9,12-13H2,1-3H3. The van der Waals surface area contributed by atoms with Crippen LogP contribution in [0.15, 0.2) is 45.8 Å². The lowest BCUT2D eigenvalue weighted by Crippen LogP contribution is -2.16. The fourth-order valence-electron chi connectivity index (χ4n) is 3.57. The van der Waals surface area contributed by atoms with Crippen molar-refractivity contribution in [2.24, 2.45) is 17.3 Å². The van der Waals surface area contributed by atoms with E-state index in [4.69, 9.17) is 9.47 Å². The lowest BCUT2D eigenvalue weighted by atomic mass is 10.0. The summed E-state index contributed by atoms with van der Waals surface area (Å²) in [5.74, 6) is 1.07. The van der Waals surface area contributed by atoms with Gasteiger partial charge in [0, 0.05) is 70.7 Å². The van der Waals surface area contributed by atoms with E-state index in [0.29, 0.717) is 36.1 Å². The third-order valence-corrected chi connectivity index (χ3v) is 5.62. The van der Waals surface area contributed by atoms with Crippen LogP contribution in [0.1, 0.15) is 6.42 Å². The number of aromatic nitrogens is 2. The highest BCUT2D eigenvalue weighted by molar-refractivity contribution is 7.92. The van der Waals surface area contributed by atoms with Crippen LogP contribution in [0.4, 0.5) is 5.69 Å². The molecule has 0 amide bonds. The monoisotopic (exact) mass is 415 g/mol. The maximum atomic E-state index is 12.4. The van der Waals surface area contributed by atoms with Crippen LogP contribution >= 0.6 is 0 Å². The van der Waals surface area contributed by atoms with E-state index in [1.165, 1.54) is 0 Å². The van der Waals surface area contributed by atoms with Gasteiger partial charge in [0.25, 0.3) is 5.56 Å². The molecule has 0 bridgehead atoms. The number of fused-ring (bicyclic) bond motifs is 1. The molecule has 8 heteroatoms. The van der Waals surface area contributed by atoms with Crippen molar-refractivity contribution in [1.82, 2.24) is 9.55 Å². The fraction of sp³-hybridized carbons (Fsp3) is 0.381. The minimum absolute atomic E-state index is 0.0923. The molecular weight excluding hydrogens is 390 g/mol. The first-order chi connectivity index (χ1) is 13.8. The van der Waals surface area contributed by atoms with Gasteiger partial charge in [0.05, 0.1) is 18.9 Å². The quantitative estimate of drug-likeness (QED) is 0.693. The molecule has 3 aromatic rings. The molecule has 0 saturated carbocycles. The molecule has 1 aliphatic rings. The number of hydrogen-bond donors (Lipinski definition) is 1. The van der Waals surface area contributed by atoms with Crippen LogP contribution in [0.5, 0.6) is 5.75 Å². The van der Waals surface area contributed by atoms with Crippen LogP contribution in [0.25, 0.3) is 22.0 Å². The summed E-state index contributed by atoms with van der Waals surface area (Å²) in [6, 6.07) is 7.43. The first-order valence-electron chi connectivity index (χ1n) is 9.50. The number of hydrogen-bond acceptors (Lipinski definition) is 5. The summed E-state index contributed by atoms with van der Waals surface area (Å²) in [4.78, 5) is 15.5. The highest BCUT2D eigenvalue weighted by Gasteiger charge is 2.19. The van der Waals surface area contributed by atoms with Gasteiger partial charge in [-0.3, -0.25) is 4.79 Å². The smallest absolute Gasteiger partial charge is 0.274 e. The third-order valence-electron chi connectivity index (χ3n) is 4.97. The minimum atomic E-state index is -2.30. The van der Waals surface area contributed by atoms with E-state index >= 15 is 0 Å². The lowest BCUT2D eigenvalue weighted by Gasteiger charge is -2.16. The predicted molar refractivity (Wildman–Crippen MR) is 115 cm³/mol. The first kappa shape index (κ1) is 19.7. The Bertz CT molecular complexity index is 1220. The molecule has 1 atom stereocenters. The summed E-state index contributed by atoms with van der Waals surface area (Å²) in [5, 5.41) is 0.813. The average molecular weight is 416 g/mol. The molecule has 1 N–H and O–H groups in total. The van der Waals surface area contributed by atoms with Crippen molar-refractivity contribution in [1.29, 1.82) is 0 Å². The van der Waals surface area contributed by atoms with E-state index in [2.05, 4.69) is 9.35 Å².